The predicted molar refractivity (Wildman–Crippen MR) is 111 cm³/mol. The number of aromatic nitrogens is 2. The smallest absolute Gasteiger partial charge is 0.274 e. The number of likely N-dealkylation sites (tertiary alicyclic amines) is 1. The van der Waals surface area contributed by atoms with E-state index in [2.05, 4.69) is 15.3 Å². The van der Waals surface area contributed by atoms with E-state index in [0.29, 0.717) is 23.4 Å². The highest BCUT2D eigenvalue weighted by Gasteiger charge is 2.14. The van der Waals surface area contributed by atoms with Gasteiger partial charge in [0.25, 0.3) is 5.56 Å². The molecular formula is C22H24N4O3. The fourth-order valence-electron chi connectivity index (χ4n) is 3.60. The molecule has 1 N–H and O–H groups in total. The summed E-state index contributed by atoms with van der Waals surface area (Å²) >= 11 is 0. The normalized spacial score (nSPS) is 14.8. The van der Waals surface area contributed by atoms with Gasteiger partial charge in [0.2, 0.25) is 5.91 Å². The number of hydrogen-bond donors (Lipinski definition) is 1. The molecule has 7 nitrogen and oxygen atoms in total. The van der Waals surface area contributed by atoms with E-state index in [1.807, 2.05) is 24.3 Å². The number of benzene rings is 1. The van der Waals surface area contributed by atoms with Crippen molar-refractivity contribution in [3.05, 3.63) is 70.5 Å². The van der Waals surface area contributed by atoms with Crippen LogP contribution in [0.2, 0.25) is 0 Å². The second-order valence-corrected chi connectivity index (χ2v) is 7.14. The molecule has 1 aliphatic rings. The highest BCUT2D eigenvalue weighted by molar-refractivity contribution is 5.91. The van der Waals surface area contributed by atoms with Crippen LogP contribution in [0.4, 0.5) is 0 Å². The maximum Gasteiger partial charge on any atom is 0.274 e. The molecule has 7 heteroatoms. The van der Waals surface area contributed by atoms with Gasteiger partial charge in [0.15, 0.2) is 0 Å². The number of nitrogens with one attached hydrogen (secondary N) is 1. The molecule has 0 unspecified atom stereocenters. The number of furan rings is 1. The zero-order valence-corrected chi connectivity index (χ0v) is 16.2. The van der Waals surface area contributed by atoms with Crippen LogP contribution in [0.25, 0.3) is 16.8 Å². The standard InChI is InChI=1S/C22H24N4O3/c27-21(10-9-17-6-5-15-29-17)23-16-20-18-7-1-2-8-19(18)22(28)26(24-20)14-13-25-11-3-4-12-25/h1-2,5-10,15H,3-4,11-14,16H2,(H,23,27). The number of carbonyl (C=O) groups excluding carboxylic acids is 1. The van der Waals surface area contributed by atoms with E-state index in [-0.39, 0.29) is 18.0 Å². The summed E-state index contributed by atoms with van der Waals surface area (Å²) in [4.78, 5) is 27.3. The van der Waals surface area contributed by atoms with Crippen molar-refractivity contribution < 1.29 is 9.21 Å². The SMILES string of the molecule is O=C(C=Cc1ccco1)NCc1nn(CCN2CCCC2)c(=O)c2ccccc12. The van der Waals surface area contributed by atoms with Gasteiger partial charge in [-0.2, -0.15) is 5.10 Å². The van der Waals surface area contributed by atoms with Crippen LogP contribution in [-0.2, 0) is 17.9 Å². The summed E-state index contributed by atoms with van der Waals surface area (Å²) in [7, 11) is 0. The van der Waals surface area contributed by atoms with Crippen LogP contribution >= 0.6 is 0 Å². The molecule has 0 atom stereocenters. The molecule has 29 heavy (non-hydrogen) atoms. The molecule has 0 saturated carbocycles. The summed E-state index contributed by atoms with van der Waals surface area (Å²) in [6, 6.07) is 10.9. The molecule has 1 saturated heterocycles. The highest BCUT2D eigenvalue weighted by Crippen LogP contribution is 2.13. The van der Waals surface area contributed by atoms with Crippen LogP contribution in [0, 0.1) is 0 Å². The Morgan fingerprint density at radius 1 is 1.10 bits per heavy atom. The lowest BCUT2D eigenvalue weighted by molar-refractivity contribution is -0.116. The van der Waals surface area contributed by atoms with Crippen molar-refractivity contribution in [2.45, 2.75) is 25.9 Å². The first kappa shape index (κ1) is 19.1. The zero-order chi connectivity index (χ0) is 20.1. The minimum absolute atomic E-state index is 0.0902. The minimum atomic E-state index is -0.248. The Hall–Kier alpha value is -3.19. The van der Waals surface area contributed by atoms with Crippen molar-refractivity contribution in [1.29, 1.82) is 0 Å². The number of rotatable bonds is 7. The van der Waals surface area contributed by atoms with Crippen molar-refractivity contribution in [1.82, 2.24) is 20.0 Å². The summed E-state index contributed by atoms with van der Waals surface area (Å²) in [5.41, 5.74) is 0.592. The molecule has 3 heterocycles. The first-order chi connectivity index (χ1) is 14.2. The fraction of sp³-hybridized carbons (Fsp3) is 0.318. The van der Waals surface area contributed by atoms with E-state index in [1.54, 1.807) is 24.5 Å². The summed E-state index contributed by atoms with van der Waals surface area (Å²) < 4.78 is 6.71. The van der Waals surface area contributed by atoms with E-state index in [0.717, 1.165) is 25.0 Å². The van der Waals surface area contributed by atoms with Gasteiger partial charge in [-0.25, -0.2) is 4.68 Å². The van der Waals surface area contributed by atoms with Gasteiger partial charge in [0.05, 0.1) is 30.4 Å². The van der Waals surface area contributed by atoms with E-state index < -0.39 is 0 Å². The highest BCUT2D eigenvalue weighted by atomic mass is 16.3. The minimum Gasteiger partial charge on any atom is -0.465 e. The largest absolute Gasteiger partial charge is 0.465 e. The van der Waals surface area contributed by atoms with Crippen molar-refractivity contribution in [2.75, 3.05) is 19.6 Å². The lowest BCUT2D eigenvalue weighted by atomic mass is 10.1. The van der Waals surface area contributed by atoms with Gasteiger partial charge in [0, 0.05) is 18.0 Å². The van der Waals surface area contributed by atoms with Gasteiger partial charge in [-0.1, -0.05) is 18.2 Å². The molecule has 0 aliphatic carbocycles. The zero-order valence-electron chi connectivity index (χ0n) is 16.2. The molecule has 4 rings (SSSR count). The Kier molecular flexibility index (Phi) is 5.86. The summed E-state index contributed by atoms with van der Waals surface area (Å²) in [5.74, 6) is 0.362. The molecule has 1 aliphatic heterocycles. The van der Waals surface area contributed by atoms with Gasteiger partial charge in [-0.3, -0.25) is 9.59 Å². The van der Waals surface area contributed by atoms with E-state index in [1.165, 1.54) is 23.6 Å². The summed E-state index contributed by atoms with van der Waals surface area (Å²) in [6.45, 7) is 3.75. The molecule has 150 valence electrons. The topological polar surface area (TPSA) is 80.4 Å². The number of hydrogen-bond acceptors (Lipinski definition) is 5. The Labute approximate surface area is 168 Å². The molecular weight excluding hydrogens is 368 g/mol. The number of nitrogens with zero attached hydrogens (tertiary/aromatic N) is 3. The van der Waals surface area contributed by atoms with Crippen molar-refractivity contribution in [2.24, 2.45) is 0 Å². The first-order valence-corrected chi connectivity index (χ1v) is 9.91. The molecule has 0 spiro atoms. The Morgan fingerprint density at radius 3 is 2.66 bits per heavy atom. The van der Waals surface area contributed by atoms with Crippen molar-refractivity contribution in [3.8, 4) is 0 Å². The maximum atomic E-state index is 12.8. The van der Waals surface area contributed by atoms with Crippen LogP contribution in [-0.4, -0.2) is 40.2 Å². The second kappa shape index (κ2) is 8.87. The molecule has 0 radical (unpaired) electrons. The van der Waals surface area contributed by atoms with Gasteiger partial charge in [0.1, 0.15) is 5.76 Å². The van der Waals surface area contributed by atoms with Crippen LogP contribution in [0.15, 0.2) is 57.9 Å². The quantitative estimate of drug-likeness (QED) is 0.625. The van der Waals surface area contributed by atoms with E-state index in [4.69, 9.17) is 4.42 Å². The average Bonchev–Trinajstić information content (AvgIpc) is 3.45. The van der Waals surface area contributed by atoms with Crippen molar-refractivity contribution in [3.63, 3.8) is 0 Å². The maximum absolute atomic E-state index is 12.8. The lowest BCUT2D eigenvalue weighted by Crippen LogP contribution is -2.32. The Bertz CT molecular complexity index is 1060. The lowest BCUT2D eigenvalue weighted by Gasteiger charge is -2.16. The van der Waals surface area contributed by atoms with Crippen molar-refractivity contribution >= 4 is 22.8 Å². The molecule has 3 aromatic rings. The Morgan fingerprint density at radius 2 is 1.90 bits per heavy atom. The number of fused-ring (bicyclic) bond motifs is 1. The molecule has 1 fully saturated rings. The van der Waals surface area contributed by atoms with Crippen LogP contribution in [0.5, 0.6) is 0 Å². The molecule has 1 amide bonds. The van der Waals surface area contributed by atoms with E-state index >= 15 is 0 Å². The molecule has 2 aromatic heterocycles. The average molecular weight is 392 g/mol. The third-order valence-corrected chi connectivity index (χ3v) is 5.14. The van der Waals surface area contributed by atoms with Gasteiger partial charge >= 0.3 is 0 Å². The van der Waals surface area contributed by atoms with E-state index in [9.17, 15) is 9.59 Å². The first-order valence-electron chi connectivity index (χ1n) is 9.91. The summed E-state index contributed by atoms with van der Waals surface area (Å²) in [6.07, 6.45) is 7.01. The summed E-state index contributed by atoms with van der Waals surface area (Å²) in [5, 5.41) is 8.80. The monoisotopic (exact) mass is 392 g/mol. The van der Waals surface area contributed by atoms with Crippen LogP contribution in [0.1, 0.15) is 24.3 Å². The molecule has 0 bridgehead atoms. The van der Waals surface area contributed by atoms with Gasteiger partial charge < -0.3 is 14.6 Å². The molecule has 1 aromatic carbocycles. The Balaban J connectivity index is 1.51. The van der Waals surface area contributed by atoms with Gasteiger partial charge in [-0.15, -0.1) is 0 Å². The number of amides is 1. The predicted octanol–water partition coefficient (Wildman–Crippen LogP) is 2.41. The van der Waals surface area contributed by atoms with Crippen LogP contribution < -0.4 is 10.9 Å². The van der Waals surface area contributed by atoms with Gasteiger partial charge in [-0.05, 0) is 50.2 Å². The fourth-order valence-corrected chi connectivity index (χ4v) is 3.60. The third kappa shape index (κ3) is 4.63. The third-order valence-electron chi connectivity index (χ3n) is 5.14. The number of carbonyl (C=O) groups is 1. The second-order valence-electron chi connectivity index (χ2n) is 7.14. The van der Waals surface area contributed by atoms with Crippen LogP contribution in [0.3, 0.4) is 0 Å².